The number of fused-ring (bicyclic) bond motifs is 1. The Hall–Kier alpha value is -1.73. The van der Waals surface area contributed by atoms with Gasteiger partial charge < -0.3 is 10.1 Å². The van der Waals surface area contributed by atoms with Crippen molar-refractivity contribution in [3.63, 3.8) is 0 Å². The lowest BCUT2D eigenvalue weighted by Gasteiger charge is -2.21. The van der Waals surface area contributed by atoms with Gasteiger partial charge >= 0.3 is 5.97 Å². The van der Waals surface area contributed by atoms with Gasteiger partial charge in [0.1, 0.15) is 5.00 Å². The summed E-state index contributed by atoms with van der Waals surface area (Å²) in [5.74, 6) is -0.746. The first-order valence-electron chi connectivity index (χ1n) is 20.9. The van der Waals surface area contributed by atoms with Gasteiger partial charge in [0.05, 0.1) is 12.2 Å². The highest BCUT2D eigenvalue weighted by Gasteiger charge is 2.34. The molecule has 0 unspecified atom stereocenters. The van der Waals surface area contributed by atoms with Crippen molar-refractivity contribution in [2.45, 2.75) is 214 Å². The third kappa shape index (κ3) is 18.4. The van der Waals surface area contributed by atoms with Crippen molar-refractivity contribution in [1.82, 2.24) is 5.32 Å². The number of thiophene rings is 1. The molecule has 1 aliphatic rings. The van der Waals surface area contributed by atoms with Crippen LogP contribution in [0.1, 0.15) is 221 Å². The molecule has 49 heavy (non-hydrogen) atoms. The fourth-order valence-corrected chi connectivity index (χ4v) is 8.41. The number of hydrogen-bond acceptors (Lipinski definition) is 6. The van der Waals surface area contributed by atoms with Crippen molar-refractivity contribution >= 4 is 34.1 Å². The van der Waals surface area contributed by atoms with Gasteiger partial charge in [0, 0.05) is 24.3 Å². The van der Waals surface area contributed by atoms with Gasteiger partial charge in [0.15, 0.2) is 0 Å². The van der Waals surface area contributed by atoms with Gasteiger partial charge in [-0.05, 0) is 38.3 Å². The van der Waals surface area contributed by atoms with Crippen LogP contribution in [0.15, 0.2) is 0 Å². The summed E-state index contributed by atoms with van der Waals surface area (Å²) >= 11 is 1.43. The number of hydrogen-bond donors (Lipinski definition) is 1. The molecule has 0 aliphatic carbocycles. The molecule has 7 heteroatoms. The topological polar surface area (TPSA) is 75.7 Å². The summed E-state index contributed by atoms with van der Waals surface area (Å²) < 4.78 is 5.47. The van der Waals surface area contributed by atoms with Gasteiger partial charge in [-0.1, -0.05) is 168 Å². The van der Waals surface area contributed by atoms with E-state index in [9.17, 15) is 14.4 Å². The molecule has 2 amide bonds. The number of nitrogens with zero attached hydrogens (tertiary/aromatic N) is 1. The second kappa shape index (κ2) is 28.9. The van der Waals surface area contributed by atoms with Gasteiger partial charge in [-0.15, -0.1) is 11.3 Å². The summed E-state index contributed by atoms with van der Waals surface area (Å²) in [7, 11) is 0. The van der Waals surface area contributed by atoms with E-state index < -0.39 is 5.97 Å². The normalized spacial score (nSPS) is 12.6. The minimum atomic E-state index is -0.413. The number of ether oxygens (including phenoxy) is 1. The van der Waals surface area contributed by atoms with E-state index in [0.717, 1.165) is 55.5 Å². The Bertz CT molecular complexity index is 981. The van der Waals surface area contributed by atoms with Crippen LogP contribution in [-0.2, 0) is 27.3 Å². The highest BCUT2D eigenvalue weighted by molar-refractivity contribution is 7.17. The van der Waals surface area contributed by atoms with Gasteiger partial charge in [-0.25, -0.2) is 9.69 Å². The second-order valence-electron chi connectivity index (χ2n) is 14.4. The highest BCUT2D eigenvalue weighted by atomic mass is 32.1. The molecule has 282 valence electrons. The molecule has 0 aromatic carbocycles. The minimum absolute atomic E-state index is 0.167. The van der Waals surface area contributed by atoms with Gasteiger partial charge in [-0.3, -0.25) is 9.59 Å². The van der Waals surface area contributed by atoms with Crippen LogP contribution in [0.2, 0.25) is 0 Å². The van der Waals surface area contributed by atoms with Crippen LogP contribution in [-0.4, -0.2) is 30.9 Å². The smallest absolute Gasteiger partial charge is 0.341 e. The van der Waals surface area contributed by atoms with Crippen molar-refractivity contribution in [2.24, 2.45) is 0 Å². The number of carbonyl (C=O) groups excluding carboxylic acids is 3. The highest BCUT2D eigenvalue weighted by Crippen LogP contribution is 2.39. The predicted molar refractivity (Wildman–Crippen MR) is 209 cm³/mol. The molecule has 0 radical (unpaired) electrons. The summed E-state index contributed by atoms with van der Waals surface area (Å²) in [6.45, 7) is 8.03. The average molecular weight is 703 g/mol. The first-order valence-corrected chi connectivity index (χ1v) is 21.7. The van der Waals surface area contributed by atoms with E-state index in [2.05, 4.69) is 19.2 Å². The van der Waals surface area contributed by atoms with Gasteiger partial charge in [0.2, 0.25) is 11.8 Å². The largest absolute Gasteiger partial charge is 0.462 e. The predicted octanol–water partition coefficient (Wildman–Crippen LogP) is 12.4. The van der Waals surface area contributed by atoms with Crippen LogP contribution < -0.4 is 10.2 Å². The summed E-state index contributed by atoms with van der Waals surface area (Å²) in [4.78, 5) is 43.3. The molecule has 0 spiro atoms. The van der Waals surface area contributed by atoms with E-state index in [1.54, 1.807) is 6.92 Å². The molecular weight excluding hydrogens is 629 g/mol. The molecule has 1 aliphatic heterocycles. The van der Waals surface area contributed by atoms with E-state index in [0.29, 0.717) is 36.4 Å². The molecule has 0 fully saturated rings. The number of anilines is 1. The number of carbonyl (C=O) groups is 3. The molecule has 6 nitrogen and oxygen atoms in total. The van der Waals surface area contributed by atoms with Crippen LogP contribution >= 0.6 is 11.3 Å². The van der Waals surface area contributed by atoms with Crippen LogP contribution in [0.3, 0.4) is 0 Å². The quantitative estimate of drug-likeness (QED) is 0.0616. The fraction of sp³-hybridized carbons (Fsp3) is 0.833. The standard InChI is InChI=1S/C42H74N2O4S/c1-4-7-9-11-13-15-17-19-21-23-25-27-29-31-38(45)44(41-40(42(47)48-6-3)36-33-34-43-35-37(36)49-41)39(46)32-30-28-26-24-22-20-18-16-14-12-10-8-5-2/h43H,4-35H2,1-3H3. The number of nitrogens with one attached hydrogen (secondary N) is 1. The Kier molecular flexibility index (Phi) is 25.6. The Morgan fingerprint density at radius 3 is 1.37 bits per heavy atom. The van der Waals surface area contributed by atoms with Crippen LogP contribution in [0.5, 0.6) is 0 Å². The lowest BCUT2D eigenvalue weighted by Crippen LogP contribution is -2.37. The molecule has 0 bridgehead atoms. The molecule has 0 saturated heterocycles. The zero-order chi connectivity index (χ0) is 35.4. The third-order valence-electron chi connectivity index (χ3n) is 10.1. The molecule has 2 heterocycles. The Morgan fingerprint density at radius 2 is 0.980 bits per heavy atom. The van der Waals surface area contributed by atoms with E-state index in [-0.39, 0.29) is 18.4 Å². The van der Waals surface area contributed by atoms with Crippen molar-refractivity contribution < 1.29 is 19.1 Å². The fourth-order valence-electron chi connectivity index (χ4n) is 7.07. The second-order valence-corrected chi connectivity index (χ2v) is 15.5. The van der Waals surface area contributed by atoms with E-state index >= 15 is 0 Å². The third-order valence-corrected chi connectivity index (χ3v) is 11.3. The van der Waals surface area contributed by atoms with E-state index in [1.807, 2.05) is 0 Å². The van der Waals surface area contributed by atoms with Crippen LogP contribution in [0.4, 0.5) is 5.00 Å². The minimum Gasteiger partial charge on any atom is -0.462 e. The zero-order valence-corrected chi connectivity index (χ0v) is 32.9. The van der Waals surface area contributed by atoms with Crippen molar-refractivity contribution in [1.29, 1.82) is 0 Å². The van der Waals surface area contributed by atoms with E-state index in [4.69, 9.17) is 4.74 Å². The summed E-state index contributed by atoms with van der Waals surface area (Å²) in [5.41, 5.74) is 1.39. The molecule has 1 N–H and O–H groups in total. The van der Waals surface area contributed by atoms with Crippen molar-refractivity contribution in [3.05, 3.63) is 16.0 Å². The van der Waals surface area contributed by atoms with Gasteiger partial charge in [-0.2, -0.15) is 0 Å². The number of rotatable bonds is 31. The molecule has 2 rings (SSSR count). The first kappa shape index (κ1) is 43.4. The maximum Gasteiger partial charge on any atom is 0.341 e. The number of esters is 1. The lowest BCUT2D eigenvalue weighted by molar-refractivity contribution is -0.126. The lowest BCUT2D eigenvalue weighted by atomic mass is 10.0. The monoisotopic (exact) mass is 703 g/mol. The van der Waals surface area contributed by atoms with Crippen LogP contribution in [0, 0.1) is 0 Å². The Labute approximate surface area is 305 Å². The SMILES string of the molecule is CCCCCCCCCCCCCCCC(=O)N(C(=O)CCCCCCCCCCCCCCC)c1sc2c(c1C(=O)OCC)CCNC2. The van der Waals surface area contributed by atoms with E-state index in [1.165, 1.54) is 145 Å². The maximum atomic E-state index is 13.8. The summed E-state index contributed by atoms with van der Waals surface area (Å²) in [6, 6.07) is 0. The average Bonchev–Trinajstić information content (AvgIpc) is 3.48. The molecule has 1 aromatic rings. The van der Waals surface area contributed by atoms with Crippen LogP contribution in [0.25, 0.3) is 0 Å². The summed E-state index contributed by atoms with van der Waals surface area (Å²) in [6.07, 6.45) is 33.8. The number of imide groups is 1. The maximum absolute atomic E-state index is 13.8. The first-order chi connectivity index (χ1) is 24.0. The number of unbranched alkanes of at least 4 members (excludes halogenated alkanes) is 24. The van der Waals surface area contributed by atoms with Crippen molar-refractivity contribution in [2.75, 3.05) is 18.1 Å². The number of amides is 2. The molecule has 1 aromatic heterocycles. The Balaban J connectivity index is 1.85. The molecular formula is C42H74N2O4S. The van der Waals surface area contributed by atoms with Gasteiger partial charge in [0.25, 0.3) is 0 Å². The van der Waals surface area contributed by atoms with Crippen molar-refractivity contribution in [3.8, 4) is 0 Å². The molecule has 0 saturated carbocycles. The summed E-state index contributed by atoms with van der Waals surface area (Å²) in [5, 5.41) is 3.87. The molecule has 0 atom stereocenters. The zero-order valence-electron chi connectivity index (χ0n) is 32.1. The Morgan fingerprint density at radius 1 is 0.592 bits per heavy atom.